The molecule has 0 aliphatic rings. The molecule has 0 spiro atoms. The van der Waals surface area contributed by atoms with Crippen molar-refractivity contribution in [3.05, 3.63) is 65.2 Å². The van der Waals surface area contributed by atoms with E-state index in [4.69, 9.17) is 0 Å². The van der Waals surface area contributed by atoms with E-state index in [2.05, 4.69) is 17.1 Å². The van der Waals surface area contributed by atoms with E-state index in [1.54, 1.807) is 12.3 Å². The van der Waals surface area contributed by atoms with Crippen LogP contribution in [-0.2, 0) is 0 Å². The van der Waals surface area contributed by atoms with Gasteiger partial charge in [0, 0.05) is 11.8 Å². The lowest BCUT2D eigenvalue weighted by Crippen LogP contribution is -1.91. The Labute approximate surface area is 108 Å². The summed E-state index contributed by atoms with van der Waals surface area (Å²) < 4.78 is 0. The number of aromatic hydroxyl groups is 1. The second-order valence-corrected chi connectivity index (χ2v) is 4.43. The third-order valence-corrected chi connectivity index (χ3v) is 2.90. The summed E-state index contributed by atoms with van der Waals surface area (Å²) >= 11 is 0. The molecular formula is C16H17NO. The summed E-state index contributed by atoms with van der Waals surface area (Å²) in [5.41, 5.74) is 3.04. The van der Waals surface area contributed by atoms with Crippen molar-refractivity contribution in [3.8, 4) is 5.75 Å². The van der Waals surface area contributed by atoms with Crippen LogP contribution in [0.2, 0.25) is 0 Å². The first-order valence-electron chi connectivity index (χ1n) is 6.04. The van der Waals surface area contributed by atoms with Gasteiger partial charge in [-0.15, -0.1) is 0 Å². The van der Waals surface area contributed by atoms with Crippen molar-refractivity contribution in [2.45, 2.75) is 19.9 Å². The lowest BCUT2D eigenvalue weighted by molar-refractivity contribution is 0.474. The molecule has 0 saturated heterocycles. The summed E-state index contributed by atoms with van der Waals surface area (Å²) in [6.45, 7) is 4.04. The number of hydrogen-bond donors (Lipinski definition) is 1. The molecule has 0 heterocycles. The van der Waals surface area contributed by atoms with E-state index in [0.717, 1.165) is 11.1 Å². The smallest absolute Gasteiger partial charge is 0.124 e. The quantitative estimate of drug-likeness (QED) is 0.810. The number of phenols is 1. The monoisotopic (exact) mass is 239 g/mol. The summed E-state index contributed by atoms with van der Waals surface area (Å²) in [4.78, 5) is 4.48. The second kappa shape index (κ2) is 5.50. The molecule has 92 valence electrons. The van der Waals surface area contributed by atoms with Crippen LogP contribution >= 0.6 is 0 Å². The van der Waals surface area contributed by atoms with Crippen molar-refractivity contribution in [2.24, 2.45) is 4.99 Å². The largest absolute Gasteiger partial charge is 0.507 e. The van der Waals surface area contributed by atoms with Crippen molar-refractivity contribution in [3.63, 3.8) is 0 Å². The minimum absolute atomic E-state index is 0.0890. The van der Waals surface area contributed by atoms with Gasteiger partial charge >= 0.3 is 0 Å². The van der Waals surface area contributed by atoms with Gasteiger partial charge in [0.15, 0.2) is 0 Å². The molecule has 0 aromatic heterocycles. The Hall–Kier alpha value is -2.09. The Kier molecular flexibility index (Phi) is 3.78. The Balaban J connectivity index is 2.18. The molecule has 2 heteroatoms. The number of nitrogens with zero attached hydrogens (tertiary/aromatic N) is 1. The highest BCUT2D eigenvalue weighted by atomic mass is 16.3. The fourth-order valence-electron chi connectivity index (χ4n) is 1.79. The van der Waals surface area contributed by atoms with Gasteiger partial charge in [0.2, 0.25) is 0 Å². The second-order valence-electron chi connectivity index (χ2n) is 4.43. The van der Waals surface area contributed by atoms with E-state index in [-0.39, 0.29) is 11.8 Å². The van der Waals surface area contributed by atoms with Crippen LogP contribution in [0.15, 0.2) is 53.5 Å². The first-order valence-corrected chi connectivity index (χ1v) is 6.04. The Morgan fingerprint density at radius 1 is 1.11 bits per heavy atom. The van der Waals surface area contributed by atoms with Crippen LogP contribution in [0.5, 0.6) is 5.75 Å². The van der Waals surface area contributed by atoms with Crippen molar-refractivity contribution in [1.82, 2.24) is 0 Å². The highest BCUT2D eigenvalue weighted by molar-refractivity contribution is 5.83. The lowest BCUT2D eigenvalue weighted by atomic mass is 10.1. The number of rotatable bonds is 3. The topological polar surface area (TPSA) is 32.6 Å². The third-order valence-electron chi connectivity index (χ3n) is 2.90. The standard InChI is InChI=1S/C16H17NO/c1-12-8-9-16(18)15(10-12)11-17-13(2)14-6-4-3-5-7-14/h3-11,13,18H,1-2H3/t13-/m1/s1. The zero-order chi connectivity index (χ0) is 13.0. The summed E-state index contributed by atoms with van der Waals surface area (Å²) in [5, 5.41) is 9.73. The molecule has 1 atom stereocenters. The molecule has 0 aliphatic carbocycles. The minimum atomic E-state index is 0.0890. The summed E-state index contributed by atoms with van der Waals surface area (Å²) in [6.07, 6.45) is 1.74. The summed E-state index contributed by atoms with van der Waals surface area (Å²) in [5.74, 6) is 0.268. The molecule has 0 fully saturated rings. The zero-order valence-electron chi connectivity index (χ0n) is 10.7. The first-order chi connectivity index (χ1) is 8.66. The van der Waals surface area contributed by atoms with Crippen molar-refractivity contribution < 1.29 is 5.11 Å². The number of aliphatic imine (C=N–C) groups is 1. The molecule has 0 amide bonds. The number of hydrogen-bond acceptors (Lipinski definition) is 2. The average molecular weight is 239 g/mol. The van der Waals surface area contributed by atoms with Crippen molar-refractivity contribution in [1.29, 1.82) is 0 Å². The first kappa shape index (κ1) is 12.4. The maximum Gasteiger partial charge on any atom is 0.124 e. The van der Waals surface area contributed by atoms with Crippen molar-refractivity contribution >= 4 is 6.21 Å². The van der Waals surface area contributed by atoms with Crippen LogP contribution in [0.25, 0.3) is 0 Å². The van der Waals surface area contributed by atoms with Gasteiger partial charge in [-0.25, -0.2) is 0 Å². The summed E-state index contributed by atoms with van der Waals surface area (Å²) in [7, 11) is 0. The van der Waals surface area contributed by atoms with Gasteiger partial charge in [-0.05, 0) is 31.5 Å². The predicted octanol–water partition coefficient (Wildman–Crippen LogP) is 3.88. The maximum absolute atomic E-state index is 9.73. The SMILES string of the molecule is Cc1ccc(O)c(C=N[C@H](C)c2ccccc2)c1. The van der Waals surface area contributed by atoms with Crippen LogP contribution in [0, 0.1) is 6.92 Å². The molecule has 1 N–H and O–H groups in total. The molecule has 0 unspecified atom stereocenters. The van der Waals surface area contributed by atoms with Crippen LogP contribution in [0.3, 0.4) is 0 Å². The number of aryl methyl sites for hydroxylation is 1. The van der Waals surface area contributed by atoms with Crippen molar-refractivity contribution in [2.75, 3.05) is 0 Å². The van der Waals surface area contributed by atoms with Gasteiger partial charge in [0.1, 0.15) is 5.75 Å². The van der Waals surface area contributed by atoms with Crippen LogP contribution in [-0.4, -0.2) is 11.3 Å². The number of phenolic OH excluding ortho intramolecular Hbond substituents is 1. The molecule has 2 aromatic carbocycles. The Morgan fingerprint density at radius 2 is 1.83 bits per heavy atom. The van der Waals surface area contributed by atoms with E-state index in [9.17, 15) is 5.11 Å². The third kappa shape index (κ3) is 2.98. The molecule has 0 radical (unpaired) electrons. The van der Waals surface area contributed by atoms with Gasteiger partial charge in [-0.3, -0.25) is 4.99 Å². The van der Waals surface area contributed by atoms with Crippen LogP contribution in [0.1, 0.15) is 29.7 Å². The molecule has 2 aromatic rings. The summed E-state index contributed by atoms with van der Waals surface area (Å²) in [6, 6.07) is 15.7. The molecular weight excluding hydrogens is 222 g/mol. The van der Waals surface area contributed by atoms with Gasteiger partial charge < -0.3 is 5.11 Å². The molecule has 18 heavy (non-hydrogen) atoms. The average Bonchev–Trinajstić information content (AvgIpc) is 2.40. The van der Waals surface area contributed by atoms with E-state index in [1.165, 1.54) is 5.56 Å². The molecule has 2 nitrogen and oxygen atoms in total. The van der Waals surface area contributed by atoms with E-state index >= 15 is 0 Å². The zero-order valence-corrected chi connectivity index (χ0v) is 10.7. The van der Waals surface area contributed by atoms with Gasteiger partial charge in [0.25, 0.3) is 0 Å². The molecule has 0 bridgehead atoms. The van der Waals surface area contributed by atoms with Gasteiger partial charge in [-0.2, -0.15) is 0 Å². The number of benzene rings is 2. The van der Waals surface area contributed by atoms with Crippen LogP contribution in [0.4, 0.5) is 0 Å². The Morgan fingerprint density at radius 3 is 2.56 bits per heavy atom. The molecule has 0 aliphatic heterocycles. The van der Waals surface area contributed by atoms with E-state index in [0.29, 0.717) is 0 Å². The fourth-order valence-corrected chi connectivity index (χ4v) is 1.79. The van der Waals surface area contributed by atoms with Gasteiger partial charge in [0.05, 0.1) is 6.04 Å². The predicted molar refractivity (Wildman–Crippen MR) is 75.3 cm³/mol. The minimum Gasteiger partial charge on any atom is -0.507 e. The molecule has 0 saturated carbocycles. The highest BCUT2D eigenvalue weighted by Crippen LogP contribution is 2.19. The van der Waals surface area contributed by atoms with Gasteiger partial charge in [-0.1, -0.05) is 42.0 Å². The van der Waals surface area contributed by atoms with E-state index in [1.807, 2.05) is 44.2 Å². The highest BCUT2D eigenvalue weighted by Gasteiger charge is 2.02. The van der Waals surface area contributed by atoms with Crippen LogP contribution < -0.4 is 0 Å². The molecule has 2 rings (SSSR count). The maximum atomic E-state index is 9.73. The fraction of sp³-hybridized carbons (Fsp3) is 0.188. The normalized spacial score (nSPS) is 12.8. The lowest BCUT2D eigenvalue weighted by Gasteiger charge is -2.06. The van der Waals surface area contributed by atoms with E-state index < -0.39 is 0 Å². The Bertz CT molecular complexity index is 546.